The summed E-state index contributed by atoms with van der Waals surface area (Å²) < 4.78 is 16.4. The minimum atomic E-state index is 0.236. The van der Waals surface area contributed by atoms with Crippen molar-refractivity contribution in [1.82, 2.24) is 24.1 Å². The molecule has 0 amide bonds. The summed E-state index contributed by atoms with van der Waals surface area (Å²) in [4.78, 5) is 14.9. The van der Waals surface area contributed by atoms with E-state index in [-0.39, 0.29) is 6.79 Å². The largest absolute Gasteiger partial charge is 0.454 e. The van der Waals surface area contributed by atoms with Gasteiger partial charge < -0.3 is 24.3 Å². The van der Waals surface area contributed by atoms with Crippen LogP contribution < -0.4 is 15.2 Å². The molecule has 3 aliphatic heterocycles. The summed E-state index contributed by atoms with van der Waals surface area (Å²) in [5, 5.41) is 0.627. The Kier molecular flexibility index (Phi) is 6.32. The molecule has 4 heterocycles. The average Bonchev–Trinajstić information content (AvgIpc) is 3.63. The lowest BCUT2D eigenvalue weighted by molar-refractivity contribution is 0.174. The predicted molar refractivity (Wildman–Crippen MR) is 138 cm³/mol. The second kappa shape index (κ2) is 9.73. The molecule has 4 aliphatic rings. The van der Waals surface area contributed by atoms with Crippen LogP contribution in [0.4, 0.5) is 5.82 Å². The Morgan fingerprint density at radius 2 is 1.86 bits per heavy atom. The average molecular weight is 556 g/mol. The van der Waals surface area contributed by atoms with Crippen molar-refractivity contribution in [3.63, 3.8) is 0 Å². The van der Waals surface area contributed by atoms with E-state index < -0.39 is 0 Å². The molecule has 1 aliphatic carbocycles. The van der Waals surface area contributed by atoms with Crippen LogP contribution in [0.1, 0.15) is 44.6 Å². The molecule has 1 fully saturated rings. The number of halogens is 1. The van der Waals surface area contributed by atoms with Crippen molar-refractivity contribution >= 4 is 33.5 Å². The van der Waals surface area contributed by atoms with E-state index in [2.05, 4.69) is 54.6 Å². The van der Waals surface area contributed by atoms with Gasteiger partial charge in [0.15, 0.2) is 34.0 Å². The zero-order valence-corrected chi connectivity index (χ0v) is 21.7. The van der Waals surface area contributed by atoms with Crippen LogP contribution in [0, 0.1) is 5.92 Å². The fraction of sp³-hybridized carbons (Fsp3) is 0.400. The summed E-state index contributed by atoms with van der Waals surface area (Å²) in [6.07, 6.45) is 13.8. The second-order valence-electron chi connectivity index (χ2n) is 9.12. The van der Waals surface area contributed by atoms with Gasteiger partial charge in [-0.2, -0.15) is 0 Å². The normalized spacial score (nSPS) is 16.7. The van der Waals surface area contributed by atoms with Crippen LogP contribution in [0.3, 0.4) is 0 Å². The second-order valence-corrected chi connectivity index (χ2v) is 11.0. The van der Waals surface area contributed by atoms with E-state index in [1.165, 1.54) is 43.9 Å². The van der Waals surface area contributed by atoms with E-state index in [0.717, 1.165) is 39.7 Å². The molecule has 10 heteroatoms. The third-order valence-electron chi connectivity index (χ3n) is 6.97. The molecule has 6 rings (SSSR count). The number of imidazole rings is 1. The van der Waals surface area contributed by atoms with Crippen LogP contribution in [0.15, 0.2) is 57.5 Å². The van der Waals surface area contributed by atoms with Crippen LogP contribution in [0.2, 0.25) is 0 Å². The first-order valence-electron chi connectivity index (χ1n) is 12.0. The zero-order chi connectivity index (χ0) is 23.8. The van der Waals surface area contributed by atoms with Crippen LogP contribution in [0.25, 0.3) is 11.5 Å². The number of aryl methyl sites for hydroxylation is 1. The summed E-state index contributed by atoms with van der Waals surface area (Å²) >= 11 is 5.08. The van der Waals surface area contributed by atoms with Crippen LogP contribution in [-0.2, 0) is 6.54 Å². The Morgan fingerprint density at radius 3 is 2.66 bits per heavy atom. The van der Waals surface area contributed by atoms with Crippen LogP contribution in [0.5, 0.6) is 11.5 Å². The van der Waals surface area contributed by atoms with Crippen molar-refractivity contribution < 1.29 is 9.47 Å². The van der Waals surface area contributed by atoms with Gasteiger partial charge in [0.25, 0.3) is 0 Å². The van der Waals surface area contributed by atoms with Gasteiger partial charge in [0, 0.05) is 34.3 Å². The number of nitrogens with two attached hydrogens (primary N) is 1. The van der Waals surface area contributed by atoms with Crippen molar-refractivity contribution in [2.24, 2.45) is 5.92 Å². The number of aromatic nitrogens is 5. The van der Waals surface area contributed by atoms with E-state index >= 15 is 0 Å². The molecular formula is C25H27BrN6O2S. The van der Waals surface area contributed by atoms with Gasteiger partial charge in [-0.3, -0.25) is 0 Å². The minimum absolute atomic E-state index is 0.236. The number of anilines is 1. The summed E-state index contributed by atoms with van der Waals surface area (Å²) in [6, 6.07) is 8.56. The number of nitrogen functional groups attached to an aromatic ring is 1. The quantitative estimate of drug-likeness (QED) is 0.298. The lowest BCUT2D eigenvalue weighted by Gasteiger charge is -2.32. The van der Waals surface area contributed by atoms with Crippen molar-refractivity contribution in [2.45, 2.75) is 61.2 Å². The number of nitrogens with zero attached hydrogens (tertiary/aromatic N) is 5. The van der Waals surface area contributed by atoms with E-state index in [1.54, 1.807) is 6.33 Å². The minimum Gasteiger partial charge on any atom is -0.454 e. The third kappa shape index (κ3) is 4.61. The highest BCUT2D eigenvalue weighted by molar-refractivity contribution is 9.10. The highest BCUT2D eigenvalue weighted by atomic mass is 79.9. The maximum atomic E-state index is 6.20. The Bertz CT molecular complexity index is 1290. The van der Waals surface area contributed by atoms with Crippen LogP contribution in [-0.4, -0.2) is 30.9 Å². The molecule has 1 aromatic heterocycles. The van der Waals surface area contributed by atoms with Gasteiger partial charge in [0.05, 0.1) is 6.33 Å². The third-order valence-corrected chi connectivity index (χ3v) is 8.81. The summed E-state index contributed by atoms with van der Waals surface area (Å²) in [7, 11) is 0. The SMILES string of the molecule is Nc1ncn(CCC(C2CCCCC2)n2cccc2)c2nc(Sc3cc4c(cc3Br)OCO4)nc1-2. The standard InChI is InChI=1S/C25H27BrN6O2S/c26-17-12-19-20(34-15-33-19)13-21(17)35-25-29-22-23(27)28-14-32(24(22)30-25)11-8-18(31-9-4-5-10-31)16-6-2-1-3-7-16/h4-5,9-10,12-14,16,18H,1-3,6-8,11,15,27H2. The maximum Gasteiger partial charge on any atom is 0.231 e. The number of benzene rings is 1. The maximum absolute atomic E-state index is 6.20. The van der Waals surface area contributed by atoms with Gasteiger partial charge in [-0.15, -0.1) is 0 Å². The molecule has 0 saturated heterocycles. The van der Waals surface area contributed by atoms with Crippen molar-refractivity contribution in [3.8, 4) is 23.0 Å². The molecule has 1 unspecified atom stereocenters. The first-order valence-corrected chi connectivity index (χ1v) is 13.6. The summed E-state index contributed by atoms with van der Waals surface area (Å²) in [6.45, 7) is 1.04. The van der Waals surface area contributed by atoms with Crippen LogP contribution >= 0.6 is 27.7 Å². The lowest BCUT2D eigenvalue weighted by atomic mass is 9.82. The van der Waals surface area contributed by atoms with Gasteiger partial charge in [0.2, 0.25) is 6.79 Å². The van der Waals surface area contributed by atoms with Gasteiger partial charge in [0.1, 0.15) is 0 Å². The highest BCUT2D eigenvalue weighted by Crippen LogP contribution is 2.43. The fourth-order valence-corrected chi connectivity index (χ4v) is 6.56. The first kappa shape index (κ1) is 22.7. The molecule has 1 saturated carbocycles. The molecule has 1 aromatic carbocycles. The number of rotatable bonds is 7. The molecule has 2 N–H and O–H groups in total. The molecule has 8 nitrogen and oxygen atoms in total. The molecule has 0 bridgehead atoms. The highest BCUT2D eigenvalue weighted by Gasteiger charge is 2.26. The molecule has 35 heavy (non-hydrogen) atoms. The van der Waals surface area contributed by atoms with E-state index in [4.69, 9.17) is 25.2 Å². The smallest absolute Gasteiger partial charge is 0.231 e. The Labute approximate surface area is 216 Å². The molecule has 0 spiro atoms. The topological polar surface area (TPSA) is 93.0 Å². The lowest BCUT2D eigenvalue weighted by Crippen LogP contribution is -2.23. The van der Waals surface area contributed by atoms with E-state index in [0.29, 0.717) is 28.6 Å². The van der Waals surface area contributed by atoms with Crippen molar-refractivity contribution in [1.29, 1.82) is 0 Å². The van der Waals surface area contributed by atoms with Gasteiger partial charge in [-0.25, -0.2) is 15.0 Å². The van der Waals surface area contributed by atoms with Crippen molar-refractivity contribution in [3.05, 3.63) is 47.5 Å². The van der Waals surface area contributed by atoms with Gasteiger partial charge in [-0.05, 0) is 77.1 Å². The van der Waals surface area contributed by atoms with Crippen molar-refractivity contribution in [2.75, 3.05) is 12.5 Å². The summed E-state index contributed by atoms with van der Waals surface area (Å²) in [5.74, 6) is 3.33. The zero-order valence-electron chi connectivity index (χ0n) is 19.3. The van der Waals surface area contributed by atoms with E-state index in [9.17, 15) is 0 Å². The molecule has 182 valence electrons. The van der Waals surface area contributed by atoms with Gasteiger partial charge in [-0.1, -0.05) is 19.3 Å². The molecule has 1 atom stereocenters. The number of hydrogen-bond donors (Lipinski definition) is 1. The van der Waals surface area contributed by atoms with Gasteiger partial charge >= 0.3 is 0 Å². The molecular weight excluding hydrogens is 528 g/mol. The number of ether oxygens (including phenoxy) is 2. The monoisotopic (exact) mass is 554 g/mol. The Morgan fingerprint density at radius 1 is 1.09 bits per heavy atom. The Balaban J connectivity index is 1.25. The first-order chi connectivity index (χ1) is 17.2. The molecule has 0 radical (unpaired) electrons. The summed E-state index contributed by atoms with van der Waals surface area (Å²) in [5.41, 5.74) is 6.84. The Hall–Kier alpha value is -2.72. The number of fused-ring (bicyclic) bond motifs is 2. The fourth-order valence-electron chi connectivity index (χ4n) is 5.21. The predicted octanol–water partition coefficient (Wildman–Crippen LogP) is 6.02. The molecule has 2 aromatic rings. The number of hydrogen-bond acceptors (Lipinski definition) is 7. The van der Waals surface area contributed by atoms with E-state index in [1.807, 2.05) is 12.1 Å².